The predicted octanol–water partition coefficient (Wildman–Crippen LogP) is 4.35. The lowest BCUT2D eigenvalue weighted by Gasteiger charge is -2.13. The number of halogens is 2. The second-order valence-electron chi connectivity index (χ2n) is 5.18. The maximum Gasteiger partial charge on any atom is 0.133 e. The Hall–Kier alpha value is -1.94. The van der Waals surface area contributed by atoms with Crippen molar-refractivity contribution in [3.8, 4) is 11.5 Å². The highest BCUT2D eigenvalue weighted by Gasteiger charge is 2.07. The van der Waals surface area contributed by atoms with Crippen LogP contribution in [0.4, 0.5) is 8.78 Å². The number of aryl methyl sites for hydroxylation is 1. The van der Waals surface area contributed by atoms with Crippen molar-refractivity contribution in [1.82, 2.24) is 0 Å². The number of benzene rings is 2. The summed E-state index contributed by atoms with van der Waals surface area (Å²) in [5.41, 5.74) is 7.96. The quantitative estimate of drug-likeness (QED) is 0.889. The van der Waals surface area contributed by atoms with E-state index in [1.165, 1.54) is 0 Å². The molecular weight excluding hydrogens is 272 g/mol. The van der Waals surface area contributed by atoms with Crippen LogP contribution in [0.1, 0.15) is 24.5 Å². The zero-order valence-electron chi connectivity index (χ0n) is 12.2. The molecule has 21 heavy (non-hydrogen) atoms. The van der Waals surface area contributed by atoms with E-state index in [4.69, 9.17) is 10.5 Å². The summed E-state index contributed by atoms with van der Waals surface area (Å²) in [6.07, 6.45) is 1.71. The van der Waals surface area contributed by atoms with Crippen molar-refractivity contribution >= 4 is 0 Å². The largest absolute Gasteiger partial charge is 0.457 e. The van der Waals surface area contributed by atoms with Crippen molar-refractivity contribution in [2.75, 3.05) is 0 Å². The fraction of sp³-hybridized carbons (Fsp3) is 0.294. The summed E-state index contributed by atoms with van der Waals surface area (Å²) in [6, 6.07) is 8.97. The van der Waals surface area contributed by atoms with E-state index in [0.717, 1.165) is 42.2 Å². The highest BCUT2D eigenvalue weighted by Crippen LogP contribution is 2.27. The monoisotopic (exact) mass is 291 g/mol. The van der Waals surface area contributed by atoms with E-state index in [0.29, 0.717) is 5.75 Å². The normalized spacial score (nSPS) is 12.2. The van der Waals surface area contributed by atoms with Gasteiger partial charge >= 0.3 is 0 Å². The lowest BCUT2D eigenvalue weighted by molar-refractivity contribution is 0.465. The smallest absolute Gasteiger partial charge is 0.133 e. The molecule has 0 saturated carbocycles. The summed E-state index contributed by atoms with van der Waals surface area (Å²) in [5, 5.41) is 0. The van der Waals surface area contributed by atoms with Gasteiger partial charge in [0.1, 0.15) is 23.1 Å². The Morgan fingerprint density at radius 2 is 1.76 bits per heavy atom. The van der Waals surface area contributed by atoms with Gasteiger partial charge in [-0.3, -0.25) is 0 Å². The molecular formula is C17H19F2NO. The Balaban J connectivity index is 2.17. The third-order valence-corrected chi connectivity index (χ3v) is 3.33. The Morgan fingerprint density at radius 1 is 1.10 bits per heavy atom. The molecule has 0 amide bonds. The molecule has 0 aliphatic carbocycles. The van der Waals surface area contributed by atoms with E-state index in [-0.39, 0.29) is 11.8 Å². The van der Waals surface area contributed by atoms with Crippen LogP contribution in [0.2, 0.25) is 0 Å². The molecule has 0 fully saturated rings. The Labute approximate surface area is 123 Å². The van der Waals surface area contributed by atoms with Crippen molar-refractivity contribution < 1.29 is 13.5 Å². The van der Waals surface area contributed by atoms with Crippen LogP contribution in [-0.4, -0.2) is 6.04 Å². The predicted molar refractivity (Wildman–Crippen MR) is 79.6 cm³/mol. The van der Waals surface area contributed by atoms with Gasteiger partial charge in [-0.2, -0.15) is 0 Å². The molecule has 0 bridgehead atoms. The molecule has 0 heterocycles. The van der Waals surface area contributed by atoms with Gasteiger partial charge in [-0.05, 0) is 37.0 Å². The van der Waals surface area contributed by atoms with Crippen molar-refractivity contribution in [3.05, 3.63) is 59.2 Å². The van der Waals surface area contributed by atoms with Gasteiger partial charge in [-0.1, -0.05) is 19.1 Å². The average molecular weight is 291 g/mol. The molecule has 0 spiro atoms. The summed E-state index contributed by atoms with van der Waals surface area (Å²) in [7, 11) is 0. The van der Waals surface area contributed by atoms with Gasteiger partial charge < -0.3 is 10.5 Å². The molecule has 4 heteroatoms. The van der Waals surface area contributed by atoms with Crippen molar-refractivity contribution in [3.63, 3.8) is 0 Å². The summed E-state index contributed by atoms with van der Waals surface area (Å²) >= 11 is 0. The minimum Gasteiger partial charge on any atom is -0.457 e. The van der Waals surface area contributed by atoms with Crippen molar-refractivity contribution in [2.45, 2.75) is 32.7 Å². The van der Waals surface area contributed by atoms with Crippen LogP contribution in [0, 0.1) is 18.6 Å². The first-order valence-corrected chi connectivity index (χ1v) is 6.97. The van der Waals surface area contributed by atoms with Gasteiger partial charge in [-0.25, -0.2) is 8.78 Å². The maximum atomic E-state index is 13.1. The van der Waals surface area contributed by atoms with Crippen LogP contribution in [0.15, 0.2) is 36.4 Å². The summed E-state index contributed by atoms with van der Waals surface area (Å²) in [4.78, 5) is 0. The molecule has 1 atom stereocenters. The van der Waals surface area contributed by atoms with Gasteiger partial charge in [0.2, 0.25) is 0 Å². The third kappa shape index (κ3) is 4.26. The highest BCUT2D eigenvalue weighted by molar-refractivity contribution is 5.40. The highest BCUT2D eigenvalue weighted by atomic mass is 19.1. The SMILES string of the molecule is CCC(N)Cc1ccc(Oc2cc(F)cc(F)c2)c(C)c1. The molecule has 2 aromatic rings. The lowest BCUT2D eigenvalue weighted by Crippen LogP contribution is -2.21. The van der Waals surface area contributed by atoms with Crippen molar-refractivity contribution in [1.29, 1.82) is 0 Å². The third-order valence-electron chi connectivity index (χ3n) is 3.33. The van der Waals surface area contributed by atoms with Crippen LogP contribution in [0.25, 0.3) is 0 Å². The van der Waals surface area contributed by atoms with Crippen LogP contribution < -0.4 is 10.5 Å². The Morgan fingerprint density at radius 3 is 2.33 bits per heavy atom. The van der Waals surface area contributed by atoms with E-state index < -0.39 is 11.6 Å². The minimum atomic E-state index is -0.659. The lowest BCUT2D eigenvalue weighted by atomic mass is 10.0. The summed E-state index contributed by atoms with van der Waals surface area (Å²) in [6.45, 7) is 3.94. The van der Waals surface area contributed by atoms with Gasteiger partial charge in [0.05, 0.1) is 0 Å². The Bertz CT molecular complexity index is 608. The number of hydrogen-bond acceptors (Lipinski definition) is 2. The first-order valence-electron chi connectivity index (χ1n) is 6.97. The molecule has 1 unspecified atom stereocenters. The van der Waals surface area contributed by atoms with E-state index in [2.05, 4.69) is 0 Å². The second kappa shape index (κ2) is 6.68. The summed E-state index contributed by atoms with van der Waals surface area (Å²) < 4.78 is 31.8. The molecule has 2 nitrogen and oxygen atoms in total. The van der Waals surface area contributed by atoms with Gasteiger partial charge in [0.25, 0.3) is 0 Å². The van der Waals surface area contributed by atoms with Gasteiger partial charge in [0.15, 0.2) is 0 Å². The minimum absolute atomic E-state index is 0.133. The molecule has 0 radical (unpaired) electrons. The van der Waals surface area contributed by atoms with E-state index in [9.17, 15) is 8.78 Å². The fourth-order valence-electron chi connectivity index (χ4n) is 2.11. The molecule has 112 valence electrons. The number of rotatable bonds is 5. The molecule has 0 saturated heterocycles. The Kier molecular flexibility index (Phi) is 4.91. The second-order valence-corrected chi connectivity index (χ2v) is 5.18. The molecule has 2 aromatic carbocycles. The topological polar surface area (TPSA) is 35.2 Å². The van der Waals surface area contributed by atoms with E-state index in [1.807, 2.05) is 26.0 Å². The van der Waals surface area contributed by atoms with E-state index in [1.54, 1.807) is 6.07 Å². The fourth-order valence-corrected chi connectivity index (χ4v) is 2.11. The van der Waals surface area contributed by atoms with Gasteiger partial charge in [-0.15, -0.1) is 0 Å². The first-order chi connectivity index (χ1) is 9.97. The maximum absolute atomic E-state index is 13.1. The van der Waals surface area contributed by atoms with Crippen LogP contribution in [-0.2, 0) is 6.42 Å². The first kappa shape index (κ1) is 15.4. The van der Waals surface area contributed by atoms with Gasteiger partial charge in [0, 0.05) is 24.2 Å². The molecule has 0 aromatic heterocycles. The van der Waals surface area contributed by atoms with Crippen LogP contribution >= 0.6 is 0 Å². The standard InChI is InChI=1S/C17H19F2NO/c1-3-15(20)7-12-4-5-17(11(2)6-12)21-16-9-13(18)8-14(19)10-16/h4-6,8-10,15H,3,7,20H2,1-2H3. The molecule has 2 N–H and O–H groups in total. The number of nitrogens with two attached hydrogens (primary N) is 1. The zero-order chi connectivity index (χ0) is 15.4. The average Bonchev–Trinajstić information content (AvgIpc) is 2.40. The van der Waals surface area contributed by atoms with Crippen LogP contribution in [0.3, 0.4) is 0 Å². The molecule has 2 rings (SSSR count). The number of ether oxygens (including phenoxy) is 1. The van der Waals surface area contributed by atoms with Crippen LogP contribution in [0.5, 0.6) is 11.5 Å². The van der Waals surface area contributed by atoms with Crippen molar-refractivity contribution in [2.24, 2.45) is 5.73 Å². The zero-order valence-corrected chi connectivity index (χ0v) is 12.2. The number of hydrogen-bond donors (Lipinski definition) is 1. The molecule has 0 aliphatic rings. The summed E-state index contributed by atoms with van der Waals surface area (Å²) in [5.74, 6) is -0.594. The van der Waals surface area contributed by atoms with E-state index >= 15 is 0 Å². The molecule has 0 aliphatic heterocycles.